The Kier molecular flexibility index (Phi) is 3.77. The molecule has 2 rings (SSSR count). The molecule has 0 bridgehead atoms. The Morgan fingerprint density at radius 3 is 3.12 bits per heavy atom. The molecule has 0 aromatic heterocycles. The number of hydrogen-bond donors (Lipinski definition) is 1. The lowest BCUT2D eigenvalue weighted by atomic mass is 9.91. The highest BCUT2D eigenvalue weighted by atomic mass is 32.2. The van der Waals surface area contributed by atoms with Gasteiger partial charge in [0.25, 0.3) is 0 Å². The van der Waals surface area contributed by atoms with Crippen molar-refractivity contribution in [3.63, 3.8) is 0 Å². The first kappa shape index (κ1) is 12.2. The van der Waals surface area contributed by atoms with Crippen molar-refractivity contribution in [2.45, 2.75) is 44.0 Å². The maximum absolute atomic E-state index is 10.7. The van der Waals surface area contributed by atoms with E-state index in [9.17, 15) is 4.79 Å². The van der Waals surface area contributed by atoms with Crippen molar-refractivity contribution in [2.24, 2.45) is 0 Å². The van der Waals surface area contributed by atoms with Crippen molar-refractivity contribution in [3.8, 4) is 0 Å². The van der Waals surface area contributed by atoms with Gasteiger partial charge in [0.15, 0.2) is 6.10 Å². The summed E-state index contributed by atoms with van der Waals surface area (Å²) in [4.78, 5) is 10.7. The van der Waals surface area contributed by atoms with Crippen LogP contribution in [0.25, 0.3) is 0 Å². The third kappa shape index (κ3) is 2.70. The summed E-state index contributed by atoms with van der Waals surface area (Å²) in [5, 5.41) is 8.81. The average Bonchev–Trinajstić information content (AvgIpc) is 2.66. The van der Waals surface area contributed by atoms with Crippen LogP contribution in [0, 0.1) is 0 Å². The normalized spacial score (nSPS) is 36.4. The zero-order valence-electron chi connectivity index (χ0n) is 9.48. The van der Waals surface area contributed by atoms with Gasteiger partial charge in [0.1, 0.15) is 0 Å². The van der Waals surface area contributed by atoms with Gasteiger partial charge in [-0.05, 0) is 25.5 Å². The van der Waals surface area contributed by atoms with E-state index in [1.807, 2.05) is 11.8 Å². The quantitative estimate of drug-likeness (QED) is 0.818. The molecule has 0 aromatic carbocycles. The molecule has 1 N–H and O–H groups in total. The molecule has 2 heterocycles. The fraction of sp³-hybridized carbons (Fsp3) is 0.909. The zero-order valence-corrected chi connectivity index (χ0v) is 10.3. The minimum Gasteiger partial charge on any atom is -0.479 e. The van der Waals surface area contributed by atoms with Gasteiger partial charge in [-0.1, -0.05) is 0 Å². The second kappa shape index (κ2) is 4.94. The molecule has 92 valence electrons. The maximum Gasteiger partial charge on any atom is 0.332 e. The second-order valence-electron chi connectivity index (χ2n) is 4.57. The molecule has 0 aliphatic carbocycles. The van der Waals surface area contributed by atoms with Crippen LogP contribution in [0.2, 0.25) is 0 Å². The molecule has 0 saturated carbocycles. The van der Waals surface area contributed by atoms with Gasteiger partial charge in [0.05, 0.1) is 11.7 Å². The minimum absolute atomic E-state index is 0.0359. The Bertz CT molecular complexity index is 263. The molecule has 0 radical (unpaired) electrons. The monoisotopic (exact) mass is 246 g/mol. The van der Waals surface area contributed by atoms with Gasteiger partial charge < -0.3 is 14.6 Å². The first-order chi connectivity index (χ1) is 7.61. The number of carbonyl (C=O) groups is 1. The van der Waals surface area contributed by atoms with Crippen LogP contribution in [-0.2, 0) is 14.3 Å². The minimum atomic E-state index is -0.888. The molecule has 0 aromatic rings. The summed E-state index contributed by atoms with van der Waals surface area (Å²) in [6, 6.07) is 0. The van der Waals surface area contributed by atoms with Crippen molar-refractivity contribution < 1.29 is 19.4 Å². The van der Waals surface area contributed by atoms with E-state index >= 15 is 0 Å². The number of ether oxygens (including phenoxy) is 2. The number of rotatable bonds is 3. The highest BCUT2D eigenvalue weighted by Crippen LogP contribution is 2.39. The van der Waals surface area contributed by atoms with E-state index < -0.39 is 12.1 Å². The summed E-state index contributed by atoms with van der Waals surface area (Å²) < 4.78 is 11.4. The molecular formula is C11H18O4S. The van der Waals surface area contributed by atoms with Crippen molar-refractivity contribution in [3.05, 3.63) is 0 Å². The van der Waals surface area contributed by atoms with E-state index in [1.54, 1.807) is 6.92 Å². The smallest absolute Gasteiger partial charge is 0.332 e. The number of thioether (sulfide) groups is 1. The number of carboxylic acid groups (broad SMARTS) is 1. The predicted octanol–water partition coefficient (Wildman–Crippen LogP) is 1.53. The van der Waals surface area contributed by atoms with Gasteiger partial charge in [-0.3, -0.25) is 0 Å². The van der Waals surface area contributed by atoms with Gasteiger partial charge in [-0.2, -0.15) is 11.8 Å². The van der Waals surface area contributed by atoms with Crippen LogP contribution in [0.3, 0.4) is 0 Å². The first-order valence-corrected chi connectivity index (χ1v) is 6.87. The van der Waals surface area contributed by atoms with Crippen molar-refractivity contribution in [1.82, 2.24) is 0 Å². The highest BCUT2D eigenvalue weighted by molar-refractivity contribution is 7.99. The van der Waals surface area contributed by atoms with Crippen LogP contribution in [0.1, 0.15) is 26.2 Å². The molecule has 2 aliphatic heterocycles. The molecule has 4 nitrogen and oxygen atoms in total. The summed E-state index contributed by atoms with van der Waals surface area (Å²) in [6.07, 6.45) is 2.05. The Hall–Kier alpha value is -0.260. The molecule has 2 fully saturated rings. The molecule has 3 atom stereocenters. The van der Waals surface area contributed by atoms with Crippen LogP contribution in [0.4, 0.5) is 0 Å². The van der Waals surface area contributed by atoms with Crippen molar-refractivity contribution >= 4 is 17.7 Å². The molecule has 16 heavy (non-hydrogen) atoms. The molecule has 2 unspecified atom stereocenters. The highest BCUT2D eigenvalue weighted by Gasteiger charge is 2.41. The Labute approximate surface area is 99.7 Å². The molecule has 2 aliphatic rings. The number of hydrogen-bond acceptors (Lipinski definition) is 4. The SMILES string of the molecule is C[C@@H](OC1CCOC2(CCSC2)C1)C(=O)O. The third-order valence-corrected chi connectivity index (χ3v) is 4.48. The number of carboxylic acids is 1. The van der Waals surface area contributed by atoms with E-state index in [0.29, 0.717) is 6.61 Å². The van der Waals surface area contributed by atoms with Crippen LogP contribution in [0.15, 0.2) is 0 Å². The van der Waals surface area contributed by atoms with E-state index in [-0.39, 0.29) is 11.7 Å². The summed E-state index contributed by atoms with van der Waals surface area (Å²) >= 11 is 1.91. The van der Waals surface area contributed by atoms with Crippen LogP contribution >= 0.6 is 11.8 Å². The van der Waals surface area contributed by atoms with E-state index in [1.165, 1.54) is 0 Å². The Balaban J connectivity index is 1.89. The second-order valence-corrected chi connectivity index (χ2v) is 5.67. The third-order valence-electron chi connectivity index (χ3n) is 3.26. The summed E-state index contributed by atoms with van der Waals surface area (Å²) in [7, 11) is 0. The molecule has 2 saturated heterocycles. The van der Waals surface area contributed by atoms with Gasteiger partial charge in [-0.15, -0.1) is 0 Å². The van der Waals surface area contributed by atoms with E-state index in [0.717, 1.165) is 30.8 Å². The fourth-order valence-electron chi connectivity index (χ4n) is 2.31. The van der Waals surface area contributed by atoms with Crippen LogP contribution in [0.5, 0.6) is 0 Å². The Morgan fingerprint density at radius 1 is 1.69 bits per heavy atom. The maximum atomic E-state index is 10.7. The lowest BCUT2D eigenvalue weighted by molar-refractivity contribution is -0.165. The molecule has 0 amide bonds. The van der Waals surface area contributed by atoms with Crippen molar-refractivity contribution in [2.75, 3.05) is 18.1 Å². The van der Waals surface area contributed by atoms with E-state index in [2.05, 4.69) is 0 Å². The van der Waals surface area contributed by atoms with Crippen LogP contribution in [-0.4, -0.2) is 47.0 Å². The predicted molar refractivity (Wildman–Crippen MR) is 61.8 cm³/mol. The van der Waals surface area contributed by atoms with Crippen molar-refractivity contribution in [1.29, 1.82) is 0 Å². The standard InChI is InChI=1S/C11H18O4S/c1-8(10(12)13)15-9-2-4-14-11(6-9)3-5-16-7-11/h8-9H,2-7H2,1H3,(H,12,13)/t8-,9?,11?/m1/s1. The lowest BCUT2D eigenvalue weighted by Gasteiger charge is -2.38. The van der Waals surface area contributed by atoms with Gasteiger partial charge in [0, 0.05) is 18.8 Å². The topological polar surface area (TPSA) is 55.8 Å². The van der Waals surface area contributed by atoms with E-state index in [4.69, 9.17) is 14.6 Å². The van der Waals surface area contributed by atoms with Crippen LogP contribution < -0.4 is 0 Å². The number of aliphatic carboxylic acids is 1. The fourth-order valence-corrected chi connectivity index (χ4v) is 3.69. The van der Waals surface area contributed by atoms with Gasteiger partial charge >= 0.3 is 5.97 Å². The largest absolute Gasteiger partial charge is 0.479 e. The summed E-state index contributed by atoms with van der Waals surface area (Å²) in [5.41, 5.74) is -0.0359. The summed E-state index contributed by atoms with van der Waals surface area (Å²) in [5.74, 6) is 1.27. The molecule has 5 heteroatoms. The van der Waals surface area contributed by atoms with Gasteiger partial charge in [0.2, 0.25) is 0 Å². The Morgan fingerprint density at radius 2 is 2.50 bits per heavy atom. The lowest BCUT2D eigenvalue weighted by Crippen LogP contribution is -2.44. The zero-order chi connectivity index (χ0) is 11.6. The molecule has 1 spiro atoms. The molecular weight excluding hydrogens is 228 g/mol. The first-order valence-electron chi connectivity index (χ1n) is 5.71. The summed E-state index contributed by atoms with van der Waals surface area (Å²) in [6.45, 7) is 2.28. The average molecular weight is 246 g/mol. The van der Waals surface area contributed by atoms with Gasteiger partial charge in [-0.25, -0.2) is 4.79 Å².